The van der Waals surface area contributed by atoms with Crippen LogP contribution in [0.15, 0.2) is 42.5 Å². The number of nitrogens with one attached hydrogen (secondary N) is 1. The Morgan fingerprint density at radius 1 is 1.11 bits per heavy atom. The van der Waals surface area contributed by atoms with E-state index in [1.165, 1.54) is 0 Å². The van der Waals surface area contributed by atoms with Gasteiger partial charge in [-0.05, 0) is 37.3 Å². The Kier molecular flexibility index (Phi) is 3.98. The Morgan fingerprint density at radius 2 is 1.83 bits per heavy atom. The Hall–Kier alpha value is -2.27. The number of hydrogen-bond donors (Lipinski definition) is 2. The summed E-state index contributed by atoms with van der Waals surface area (Å²) in [6.07, 6.45) is 0. The maximum absolute atomic E-state index is 5.59. The van der Waals surface area contributed by atoms with Gasteiger partial charge in [0, 0.05) is 6.07 Å². The molecule has 0 fully saturated rings. The first-order valence-electron chi connectivity index (χ1n) is 5.66. The first-order valence-corrected chi connectivity index (χ1v) is 5.66. The zero-order valence-corrected chi connectivity index (χ0v) is 10.1. The van der Waals surface area contributed by atoms with Crippen molar-refractivity contribution in [1.29, 1.82) is 0 Å². The summed E-state index contributed by atoms with van der Waals surface area (Å²) in [5.74, 6) is 7.83. The van der Waals surface area contributed by atoms with Crippen molar-refractivity contribution in [2.45, 2.75) is 6.92 Å². The number of ether oxygens (including phenoxy) is 2. The average molecular weight is 245 g/mol. The van der Waals surface area contributed by atoms with Gasteiger partial charge in [0.1, 0.15) is 17.3 Å². The van der Waals surface area contributed by atoms with Crippen molar-refractivity contribution in [3.63, 3.8) is 0 Å². The van der Waals surface area contributed by atoms with Gasteiger partial charge in [0.2, 0.25) is 5.88 Å². The smallest absolute Gasteiger partial charge is 0.221 e. The standard InChI is InChI=1S/C13H15N3O2/c1-2-17-10-6-8-11(9-7-10)18-13-5-3-4-12(15-13)16-14/h3-9H,2,14H2,1H3,(H,15,16). The predicted molar refractivity (Wildman–Crippen MR) is 69.7 cm³/mol. The normalized spacial score (nSPS) is 9.89. The molecule has 94 valence electrons. The van der Waals surface area contributed by atoms with Crippen molar-refractivity contribution < 1.29 is 9.47 Å². The van der Waals surface area contributed by atoms with Crippen LogP contribution in [0.1, 0.15) is 6.92 Å². The molecule has 2 rings (SSSR count). The number of nitrogens with zero attached hydrogens (tertiary/aromatic N) is 1. The quantitative estimate of drug-likeness (QED) is 0.625. The van der Waals surface area contributed by atoms with Gasteiger partial charge < -0.3 is 14.9 Å². The van der Waals surface area contributed by atoms with Crippen molar-refractivity contribution in [2.75, 3.05) is 12.0 Å². The van der Waals surface area contributed by atoms with Gasteiger partial charge in [0.05, 0.1) is 6.61 Å². The first-order chi connectivity index (χ1) is 8.81. The minimum atomic E-state index is 0.481. The molecule has 0 atom stereocenters. The molecule has 1 heterocycles. The molecule has 1 aromatic heterocycles. The number of rotatable bonds is 5. The van der Waals surface area contributed by atoms with E-state index in [-0.39, 0.29) is 0 Å². The molecule has 3 N–H and O–H groups in total. The third-order valence-corrected chi connectivity index (χ3v) is 2.23. The third kappa shape index (κ3) is 3.11. The van der Waals surface area contributed by atoms with Crippen LogP contribution in [0.25, 0.3) is 0 Å². The second-order valence-electron chi connectivity index (χ2n) is 3.51. The van der Waals surface area contributed by atoms with E-state index in [0.717, 1.165) is 5.75 Å². The van der Waals surface area contributed by atoms with Crippen molar-refractivity contribution >= 4 is 5.82 Å². The average Bonchev–Trinajstić information content (AvgIpc) is 2.42. The molecule has 0 radical (unpaired) electrons. The molecule has 0 saturated heterocycles. The van der Waals surface area contributed by atoms with Crippen LogP contribution in [0.2, 0.25) is 0 Å². The number of anilines is 1. The van der Waals surface area contributed by atoms with E-state index >= 15 is 0 Å². The number of aromatic nitrogens is 1. The van der Waals surface area contributed by atoms with Crippen LogP contribution in [0.4, 0.5) is 5.82 Å². The molecule has 0 bridgehead atoms. The minimum absolute atomic E-state index is 0.481. The van der Waals surface area contributed by atoms with E-state index in [2.05, 4.69) is 10.4 Å². The highest BCUT2D eigenvalue weighted by atomic mass is 16.5. The number of nitrogen functional groups attached to an aromatic ring is 1. The second kappa shape index (κ2) is 5.88. The van der Waals surface area contributed by atoms with E-state index in [9.17, 15) is 0 Å². The lowest BCUT2D eigenvalue weighted by molar-refractivity contribution is 0.339. The summed E-state index contributed by atoms with van der Waals surface area (Å²) in [5, 5.41) is 0. The van der Waals surface area contributed by atoms with Crippen LogP contribution >= 0.6 is 0 Å². The highest BCUT2D eigenvalue weighted by molar-refractivity contribution is 5.38. The first kappa shape index (κ1) is 12.2. The Morgan fingerprint density at radius 3 is 2.50 bits per heavy atom. The molecule has 5 heteroatoms. The fourth-order valence-corrected chi connectivity index (χ4v) is 1.44. The topological polar surface area (TPSA) is 69.4 Å². The summed E-state index contributed by atoms with van der Waals surface area (Å²) in [5.41, 5.74) is 2.47. The van der Waals surface area contributed by atoms with Gasteiger partial charge in [0.25, 0.3) is 0 Å². The molecule has 0 saturated carbocycles. The van der Waals surface area contributed by atoms with Crippen molar-refractivity contribution in [2.24, 2.45) is 5.84 Å². The van der Waals surface area contributed by atoms with Crippen LogP contribution in [0.3, 0.4) is 0 Å². The monoisotopic (exact) mass is 245 g/mol. The number of hydrazine groups is 1. The highest BCUT2D eigenvalue weighted by Crippen LogP contribution is 2.23. The van der Waals surface area contributed by atoms with Crippen LogP contribution in [-0.4, -0.2) is 11.6 Å². The van der Waals surface area contributed by atoms with Crippen LogP contribution in [0, 0.1) is 0 Å². The molecule has 0 aliphatic heterocycles. The zero-order chi connectivity index (χ0) is 12.8. The lowest BCUT2D eigenvalue weighted by Gasteiger charge is -2.07. The number of pyridine rings is 1. The number of nitrogens with two attached hydrogens (primary N) is 1. The summed E-state index contributed by atoms with van der Waals surface area (Å²) >= 11 is 0. The van der Waals surface area contributed by atoms with Gasteiger partial charge >= 0.3 is 0 Å². The van der Waals surface area contributed by atoms with Gasteiger partial charge in [-0.2, -0.15) is 4.98 Å². The highest BCUT2D eigenvalue weighted by Gasteiger charge is 2.00. The van der Waals surface area contributed by atoms with Crippen LogP contribution in [0.5, 0.6) is 17.4 Å². The van der Waals surface area contributed by atoms with Crippen molar-refractivity contribution in [3.05, 3.63) is 42.5 Å². The number of benzene rings is 1. The zero-order valence-electron chi connectivity index (χ0n) is 10.1. The lowest BCUT2D eigenvalue weighted by Crippen LogP contribution is -2.08. The van der Waals surface area contributed by atoms with E-state index in [1.807, 2.05) is 37.3 Å². The molecule has 0 amide bonds. The summed E-state index contributed by atoms with van der Waals surface area (Å²) in [6.45, 7) is 2.59. The van der Waals surface area contributed by atoms with E-state index in [1.54, 1.807) is 12.1 Å². The van der Waals surface area contributed by atoms with E-state index in [4.69, 9.17) is 15.3 Å². The van der Waals surface area contributed by atoms with Crippen LogP contribution < -0.4 is 20.7 Å². The SMILES string of the molecule is CCOc1ccc(Oc2cccc(NN)n2)cc1. The van der Waals surface area contributed by atoms with Crippen LogP contribution in [-0.2, 0) is 0 Å². The van der Waals surface area contributed by atoms with Gasteiger partial charge in [-0.3, -0.25) is 0 Å². The fraction of sp³-hybridized carbons (Fsp3) is 0.154. The molecule has 18 heavy (non-hydrogen) atoms. The Balaban J connectivity index is 2.08. The van der Waals surface area contributed by atoms with Crippen molar-refractivity contribution in [3.8, 4) is 17.4 Å². The molecule has 5 nitrogen and oxygen atoms in total. The Bertz CT molecular complexity index is 500. The lowest BCUT2D eigenvalue weighted by atomic mass is 10.3. The van der Waals surface area contributed by atoms with Crippen molar-refractivity contribution in [1.82, 2.24) is 4.98 Å². The van der Waals surface area contributed by atoms with Gasteiger partial charge in [0.15, 0.2) is 0 Å². The molecular weight excluding hydrogens is 230 g/mol. The van der Waals surface area contributed by atoms with E-state index < -0.39 is 0 Å². The fourth-order valence-electron chi connectivity index (χ4n) is 1.44. The maximum Gasteiger partial charge on any atom is 0.221 e. The second-order valence-corrected chi connectivity index (χ2v) is 3.51. The molecule has 0 spiro atoms. The Labute approximate surface area is 106 Å². The maximum atomic E-state index is 5.59. The summed E-state index contributed by atoms with van der Waals surface area (Å²) in [4.78, 5) is 4.16. The number of hydrogen-bond acceptors (Lipinski definition) is 5. The van der Waals surface area contributed by atoms with E-state index in [0.29, 0.717) is 24.1 Å². The van der Waals surface area contributed by atoms with Gasteiger partial charge in [-0.25, -0.2) is 5.84 Å². The minimum Gasteiger partial charge on any atom is -0.494 e. The van der Waals surface area contributed by atoms with Gasteiger partial charge in [-0.15, -0.1) is 0 Å². The largest absolute Gasteiger partial charge is 0.494 e. The third-order valence-electron chi connectivity index (χ3n) is 2.23. The molecule has 0 unspecified atom stereocenters. The molecule has 0 aliphatic rings. The summed E-state index contributed by atoms with van der Waals surface area (Å²) < 4.78 is 10.9. The molecule has 0 aliphatic carbocycles. The molecule has 2 aromatic rings. The molecule has 1 aromatic carbocycles. The van der Waals surface area contributed by atoms with Gasteiger partial charge in [-0.1, -0.05) is 6.07 Å². The molecular formula is C13H15N3O2. The predicted octanol–water partition coefficient (Wildman–Crippen LogP) is 2.56. The summed E-state index contributed by atoms with van der Waals surface area (Å²) in [7, 11) is 0. The summed E-state index contributed by atoms with van der Waals surface area (Å²) in [6, 6.07) is 12.7.